The van der Waals surface area contributed by atoms with Crippen LogP contribution in [0, 0.1) is 13.8 Å². The van der Waals surface area contributed by atoms with Crippen LogP contribution in [0.25, 0.3) is 0 Å². The van der Waals surface area contributed by atoms with E-state index in [-0.39, 0.29) is 4.90 Å². The first-order chi connectivity index (χ1) is 7.73. The van der Waals surface area contributed by atoms with Crippen LogP contribution in [-0.4, -0.2) is 15.0 Å². The fraction of sp³-hybridized carbons (Fsp3) is 0.273. The summed E-state index contributed by atoms with van der Waals surface area (Å²) < 4.78 is 28.8. The van der Waals surface area contributed by atoms with Gasteiger partial charge in [0.2, 0.25) is 10.0 Å². The number of halogens is 1. The average molecular weight is 320 g/mol. The van der Waals surface area contributed by atoms with Crippen molar-refractivity contribution < 1.29 is 13.2 Å². The number of hydrogen-bond donors (Lipinski definition) is 1. The second kappa shape index (κ2) is 5.20. The van der Waals surface area contributed by atoms with Crippen LogP contribution < -0.4 is 9.88 Å². The minimum Gasteiger partial charge on any atom is -0.488 e. The summed E-state index contributed by atoms with van der Waals surface area (Å²) >= 11 is 3.19. The highest BCUT2D eigenvalue weighted by Gasteiger charge is 2.15. The molecule has 0 amide bonds. The van der Waals surface area contributed by atoms with E-state index in [9.17, 15) is 8.42 Å². The molecule has 1 rings (SSSR count). The van der Waals surface area contributed by atoms with E-state index in [1.807, 2.05) is 0 Å². The second-order valence-electron chi connectivity index (χ2n) is 3.66. The molecular weight excluding hydrogens is 306 g/mol. The number of rotatable bonds is 4. The molecule has 0 aliphatic rings. The van der Waals surface area contributed by atoms with Crippen LogP contribution in [0.5, 0.6) is 5.75 Å². The Labute approximate surface area is 110 Å². The predicted molar refractivity (Wildman–Crippen MR) is 70.9 cm³/mol. The van der Waals surface area contributed by atoms with Crippen molar-refractivity contribution in [3.8, 4) is 5.75 Å². The van der Waals surface area contributed by atoms with Gasteiger partial charge in [-0.2, -0.15) is 0 Å². The highest BCUT2D eigenvalue weighted by Crippen LogP contribution is 2.26. The second-order valence-corrected chi connectivity index (χ2v) is 6.31. The fourth-order valence-corrected chi connectivity index (χ4v) is 2.34. The van der Waals surface area contributed by atoms with Crippen LogP contribution in [0.15, 0.2) is 28.1 Å². The van der Waals surface area contributed by atoms with E-state index in [0.29, 0.717) is 22.4 Å². The maximum absolute atomic E-state index is 11.3. The van der Waals surface area contributed by atoms with E-state index in [1.54, 1.807) is 19.9 Å². The molecule has 0 bridgehead atoms. The molecule has 94 valence electrons. The number of benzene rings is 1. The van der Waals surface area contributed by atoms with Crippen molar-refractivity contribution in [1.29, 1.82) is 0 Å². The van der Waals surface area contributed by atoms with E-state index in [4.69, 9.17) is 9.88 Å². The highest BCUT2D eigenvalue weighted by atomic mass is 79.9. The van der Waals surface area contributed by atoms with Gasteiger partial charge >= 0.3 is 0 Å². The Morgan fingerprint density at radius 2 is 2.00 bits per heavy atom. The molecule has 0 radical (unpaired) electrons. The van der Waals surface area contributed by atoms with Gasteiger partial charge in [0.25, 0.3) is 0 Å². The summed E-state index contributed by atoms with van der Waals surface area (Å²) in [5.41, 5.74) is 1.36. The third kappa shape index (κ3) is 3.55. The van der Waals surface area contributed by atoms with Crippen LogP contribution in [0.2, 0.25) is 0 Å². The number of sulfonamides is 1. The van der Waals surface area contributed by atoms with Crippen molar-refractivity contribution >= 4 is 26.0 Å². The van der Waals surface area contributed by atoms with Crippen molar-refractivity contribution in [2.24, 2.45) is 5.14 Å². The molecule has 1 aromatic rings. The molecule has 0 heterocycles. The van der Waals surface area contributed by atoms with Crippen molar-refractivity contribution in [3.05, 3.63) is 34.3 Å². The standard InChI is InChI=1S/C11H14BrNO3S/c1-7(12)6-16-10-4-5-11(17(13,14)15)9(3)8(10)2/h4-5H,1,6H2,2-3H3,(H2,13,14,15). The Hall–Kier alpha value is -0.850. The summed E-state index contributed by atoms with van der Waals surface area (Å²) in [6.45, 7) is 7.47. The van der Waals surface area contributed by atoms with E-state index in [2.05, 4.69) is 22.5 Å². The Morgan fingerprint density at radius 3 is 2.47 bits per heavy atom. The summed E-state index contributed by atoms with van der Waals surface area (Å²) in [5.74, 6) is 0.621. The van der Waals surface area contributed by atoms with Gasteiger partial charge in [-0.05, 0) is 37.1 Å². The van der Waals surface area contributed by atoms with Crippen molar-refractivity contribution in [2.75, 3.05) is 6.61 Å². The maximum atomic E-state index is 11.3. The molecule has 0 aliphatic heterocycles. The van der Waals surface area contributed by atoms with Crippen molar-refractivity contribution in [1.82, 2.24) is 0 Å². The van der Waals surface area contributed by atoms with Crippen LogP contribution >= 0.6 is 15.9 Å². The SMILES string of the molecule is C=C(Br)COc1ccc(S(N)(=O)=O)c(C)c1C. The third-order valence-corrected chi connectivity index (χ3v) is 3.66. The first-order valence-electron chi connectivity index (χ1n) is 4.82. The molecule has 17 heavy (non-hydrogen) atoms. The van der Waals surface area contributed by atoms with Crippen LogP contribution in [0.4, 0.5) is 0 Å². The summed E-state index contributed by atoms with van der Waals surface area (Å²) in [6, 6.07) is 3.04. The van der Waals surface area contributed by atoms with Crippen LogP contribution in [0.1, 0.15) is 11.1 Å². The smallest absolute Gasteiger partial charge is 0.238 e. The number of primary sulfonamides is 1. The van der Waals surface area contributed by atoms with E-state index in [0.717, 1.165) is 5.56 Å². The van der Waals surface area contributed by atoms with Crippen molar-refractivity contribution in [2.45, 2.75) is 18.7 Å². The van der Waals surface area contributed by atoms with E-state index < -0.39 is 10.0 Å². The van der Waals surface area contributed by atoms with Gasteiger partial charge in [-0.15, -0.1) is 0 Å². The molecule has 1 aromatic carbocycles. The molecule has 6 heteroatoms. The Morgan fingerprint density at radius 1 is 1.41 bits per heavy atom. The molecule has 0 saturated heterocycles. The average Bonchev–Trinajstić information content (AvgIpc) is 2.18. The van der Waals surface area contributed by atoms with Gasteiger partial charge in [0, 0.05) is 4.48 Å². The van der Waals surface area contributed by atoms with Gasteiger partial charge in [0.15, 0.2) is 0 Å². The minimum atomic E-state index is -3.69. The molecule has 0 unspecified atom stereocenters. The van der Waals surface area contributed by atoms with Crippen molar-refractivity contribution in [3.63, 3.8) is 0 Å². The summed E-state index contributed by atoms with van der Waals surface area (Å²) in [5, 5.41) is 5.11. The normalized spacial score (nSPS) is 11.3. The van der Waals surface area contributed by atoms with E-state index >= 15 is 0 Å². The lowest BCUT2D eigenvalue weighted by Gasteiger charge is -2.13. The largest absolute Gasteiger partial charge is 0.488 e. The monoisotopic (exact) mass is 319 g/mol. The Balaban J connectivity index is 3.16. The predicted octanol–water partition coefficient (Wildman–Crippen LogP) is 2.24. The van der Waals surface area contributed by atoms with Gasteiger partial charge in [0.1, 0.15) is 12.4 Å². The lowest BCUT2D eigenvalue weighted by molar-refractivity contribution is 0.357. The third-order valence-electron chi connectivity index (χ3n) is 2.38. The lowest BCUT2D eigenvalue weighted by Crippen LogP contribution is -2.14. The quantitative estimate of drug-likeness (QED) is 0.925. The number of nitrogens with two attached hydrogens (primary N) is 1. The first kappa shape index (κ1) is 14.2. The molecule has 2 N–H and O–H groups in total. The lowest BCUT2D eigenvalue weighted by atomic mass is 10.1. The summed E-state index contributed by atoms with van der Waals surface area (Å²) in [4.78, 5) is 0.125. The number of hydrogen-bond acceptors (Lipinski definition) is 3. The van der Waals surface area contributed by atoms with E-state index in [1.165, 1.54) is 6.07 Å². The zero-order chi connectivity index (χ0) is 13.2. The first-order valence-corrected chi connectivity index (χ1v) is 7.16. The molecule has 0 saturated carbocycles. The minimum absolute atomic E-state index is 0.125. The van der Waals surface area contributed by atoms with Gasteiger partial charge in [-0.3, -0.25) is 0 Å². The molecular formula is C11H14BrNO3S. The summed E-state index contributed by atoms with van der Waals surface area (Å²) in [6.07, 6.45) is 0. The van der Waals surface area contributed by atoms with Crippen LogP contribution in [0.3, 0.4) is 0 Å². The molecule has 0 spiro atoms. The number of ether oxygens (including phenoxy) is 1. The zero-order valence-corrected chi connectivity index (χ0v) is 12.1. The molecule has 4 nitrogen and oxygen atoms in total. The van der Waals surface area contributed by atoms with Gasteiger partial charge in [-0.25, -0.2) is 13.6 Å². The van der Waals surface area contributed by atoms with Gasteiger partial charge in [0.05, 0.1) is 4.90 Å². The fourth-order valence-electron chi connectivity index (χ4n) is 1.39. The summed E-state index contributed by atoms with van der Waals surface area (Å²) in [7, 11) is -3.69. The van der Waals surface area contributed by atoms with Gasteiger partial charge < -0.3 is 4.74 Å². The molecule has 0 aliphatic carbocycles. The molecule has 0 atom stereocenters. The molecule has 0 fully saturated rings. The highest BCUT2D eigenvalue weighted by molar-refractivity contribution is 9.11. The van der Waals surface area contributed by atoms with Gasteiger partial charge in [-0.1, -0.05) is 22.5 Å². The molecule has 0 aromatic heterocycles. The van der Waals surface area contributed by atoms with Crippen LogP contribution in [-0.2, 0) is 10.0 Å². The topological polar surface area (TPSA) is 69.4 Å². The zero-order valence-electron chi connectivity index (χ0n) is 9.66. The maximum Gasteiger partial charge on any atom is 0.238 e. The Kier molecular flexibility index (Phi) is 4.35. The Bertz CT molecular complexity index is 552.